The van der Waals surface area contributed by atoms with E-state index in [4.69, 9.17) is 4.74 Å². The fourth-order valence-electron chi connectivity index (χ4n) is 3.57. The molecule has 2 rings (SSSR count). The minimum absolute atomic E-state index is 0.371. The molecule has 0 heterocycles. The molecule has 0 aliphatic heterocycles. The van der Waals surface area contributed by atoms with E-state index in [2.05, 4.69) is 32.6 Å². The van der Waals surface area contributed by atoms with Crippen molar-refractivity contribution in [3.05, 3.63) is 24.3 Å². The lowest BCUT2D eigenvalue weighted by molar-refractivity contribution is 0.00362. The Bertz CT molecular complexity index is 292. The monoisotopic (exact) mass is 206 g/mol. The maximum absolute atomic E-state index is 5.51. The van der Waals surface area contributed by atoms with Crippen molar-refractivity contribution in [3.8, 4) is 0 Å². The van der Waals surface area contributed by atoms with Crippen LogP contribution < -0.4 is 0 Å². The molecule has 0 bridgehead atoms. The summed E-state index contributed by atoms with van der Waals surface area (Å²) in [5.41, 5.74) is 1.84. The fraction of sp³-hybridized carbons (Fsp3) is 0.714. The smallest absolute Gasteiger partial charge is 0.0574 e. The first kappa shape index (κ1) is 10.9. The van der Waals surface area contributed by atoms with Crippen LogP contribution in [0.1, 0.15) is 33.1 Å². The Morgan fingerprint density at radius 1 is 1.60 bits per heavy atom. The molecule has 15 heavy (non-hydrogen) atoms. The second-order valence-electron chi connectivity index (χ2n) is 5.34. The molecule has 1 fully saturated rings. The van der Waals surface area contributed by atoms with Gasteiger partial charge in [0.25, 0.3) is 0 Å². The molecule has 2 aliphatic carbocycles. The zero-order valence-electron chi connectivity index (χ0n) is 10.1. The van der Waals surface area contributed by atoms with E-state index in [1.807, 2.05) is 7.11 Å². The van der Waals surface area contributed by atoms with E-state index in [1.54, 1.807) is 0 Å². The molecular formula is C14H22O. The molecule has 0 aromatic carbocycles. The van der Waals surface area contributed by atoms with Gasteiger partial charge in [-0.2, -0.15) is 0 Å². The topological polar surface area (TPSA) is 9.23 Å². The molecule has 4 atom stereocenters. The number of hydrogen-bond acceptors (Lipinski definition) is 1. The third-order valence-electron chi connectivity index (χ3n) is 4.61. The summed E-state index contributed by atoms with van der Waals surface area (Å²) in [4.78, 5) is 0. The van der Waals surface area contributed by atoms with Crippen molar-refractivity contribution in [2.75, 3.05) is 7.11 Å². The van der Waals surface area contributed by atoms with Gasteiger partial charge in [0.2, 0.25) is 0 Å². The molecule has 84 valence electrons. The van der Waals surface area contributed by atoms with Gasteiger partial charge >= 0.3 is 0 Å². The molecule has 0 amide bonds. The van der Waals surface area contributed by atoms with Gasteiger partial charge in [-0.05, 0) is 42.1 Å². The van der Waals surface area contributed by atoms with Gasteiger partial charge in [-0.15, -0.1) is 0 Å². The number of rotatable bonds is 2. The van der Waals surface area contributed by atoms with Crippen LogP contribution in [0.4, 0.5) is 0 Å². The van der Waals surface area contributed by atoms with Gasteiger partial charge < -0.3 is 4.74 Å². The minimum Gasteiger partial charge on any atom is -0.381 e. The molecule has 2 aliphatic rings. The van der Waals surface area contributed by atoms with Crippen molar-refractivity contribution < 1.29 is 4.74 Å². The molecule has 1 nitrogen and oxygen atoms in total. The molecule has 1 saturated carbocycles. The van der Waals surface area contributed by atoms with Crippen LogP contribution in [0.15, 0.2) is 24.3 Å². The number of hydrogen-bond donors (Lipinski definition) is 0. The lowest BCUT2D eigenvalue weighted by atomic mass is 9.64. The second-order valence-corrected chi connectivity index (χ2v) is 5.34. The van der Waals surface area contributed by atoms with Crippen molar-refractivity contribution in [1.82, 2.24) is 0 Å². The molecule has 1 heteroatoms. The van der Waals surface area contributed by atoms with Crippen LogP contribution in [0, 0.1) is 17.3 Å². The van der Waals surface area contributed by atoms with Gasteiger partial charge in [-0.1, -0.05) is 32.6 Å². The number of fused-ring (bicyclic) bond motifs is 1. The van der Waals surface area contributed by atoms with E-state index < -0.39 is 0 Å². The van der Waals surface area contributed by atoms with Crippen LogP contribution in [0.2, 0.25) is 0 Å². The Balaban J connectivity index is 2.23. The Kier molecular flexibility index (Phi) is 2.76. The lowest BCUT2D eigenvalue weighted by Crippen LogP contribution is -2.37. The number of ether oxygens (including phenoxy) is 1. The average molecular weight is 206 g/mol. The van der Waals surface area contributed by atoms with Crippen LogP contribution in [0.5, 0.6) is 0 Å². The van der Waals surface area contributed by atoms with E-state index in [0.717, 1.165) is 5.92 Å². The first-order chi connectivity index (χ1) is 7.11. The first-order valence-electron chi connectivity index (χ1n) is 5.99. The van der Waals surface area contributed by atoms with Gasteiger partial charge in [0, 0.05) is 7.11 Å². The summed E-state index contributed by atoms with van der Waals surface area (Å²) >= 11 is 0. The van der Waals surface area contributed by atoms with Crippen LogP contribution in [-0.2, 0) is 4.74 Å². The van der Waals surface area contributed by atoms with Crippen molar-refractivity contribution in [2.24, 2.45) is 17.3 Å². The summed E-state index contributed by atoms with van der Waals surface area (Å²) in [7, 11) is 1.84. The summed E-state index contributed by atoms with van der Waals surface area (Å²) in [6, 6.07) is 0. The van der Waals surface area contributed by atoms with Crippen molar-refractivity contribution in [2.45, 2.75) is 39.2 Å². The zero-order valence-corrected chi connectivity index (χ0v) is 10.1. The highest BCUT2D eigenvalue weighted by Gasteiger charge is 2.47. The second kappa shape index (κ2) is 3.79. The minimum atomic E-state index is 0.371. The zero-order chi connectivity index (χ0) is 11.1. The molecule has 4 unspecified atom stereocenters. The third kappa shape index (κ3) is 1.57. The van der Waals surface area contributed by atoms with Crippen molar-refractivity contribution >= 4 is 0 Å². The molecule has 0 aromatic rings. The van der Waals surface area contributed by atoms with E-state index in [0.29, 0.717) is 17.4 Å². The average Bonchev–Trinajstić information content (AvgIpc) is 2.50. The largest absolute Gasteiger partial charge is 0.381 e. The Hall–Kier alpha value is -0.560. The SMILES string of the molecule is C=CC1=CC(C)C2CC(OC)CCC12C. The lowest BCUT2D eigenvalue weighted by Gasteiger charge is -2.42. The third-order valence-corrected chi connectivity index (χ3v) is 4.61. The summed E-state index contributed by atoms with van der Waals surface area (Å²) in [5, 5.41) is 0. The highest BCUT2D eigenvalue weighted by molar-refractivity contribution is 5.33. The Morgan fingerprint density at radius 2 is 2.33 bits per heavy atom. The molecule has 0 saturated heterocycles. The molecule has 0 N–H and O–H groups in total. The van der Waals surface area contributed by atoms with Gasteiger partial charge in [-0.3, -0.25) is 0 Å². The number of allylic oxidation sites excluding steroid dienone is 3. The predicted molar refractivity (Wildman–Crippen MR) is 63.7 cm³/mol. The normalized spacial score (nSPS) is 44.7. The Morgan fingerprint density at radius 3 is 2.93 bits per heavy atom. The van der Waals surface area contributed by atoms with Crippen LogP contribution >= 0.6 is 0 Å². The first-order valence-corrected chi connectivity index (χ1v) is 5.99. The van der Waals surface area contributed by atoms with Gasteiger partial charge in [-0.25, -0.2) is 0 Å². The quantitative estimate of drug-likeness (QED) is 0.671. The van der Waals surface area contributed by atoms with E-state index in [9.17, 15) is 0 Å². The summed E-state index contributed by atoms with van der Waals surface area (Å²) in [6.45, 7) is 8.69. The molecule has 0 aromatic heterocycles. The predicted octanol–water partition coefficient (Wildman–Crippen LogP) is 3.57. The van der Waals surface area contributed by atoms with Crippen LogP contribution in [-0.4, -0.2) is 13.2 Å². The van der Waals surface area contributed by atoms with Crippen LogP contribution in [0.25, 0.3) is 0 Å². The van der Waals surface area contributed by atoms with Crippen LogP contribution in [0.3, 0.4) is 0 Å². The summed E-state index contributed by atoms with van der Waals surface area (Å²) < 4.78 is 5.51. The van der Waals surface area contributed by atoms with Crippen molar-refractivity contribution in [3.63, 3.8) is 0 Å². The Labute approximate surface area is 93.2 Å². The van der Waals surface area contributed by atoms with E-state index in [-0.39, 0.29) is 0 Å². The fourth-order valence-corrected chi connectivity index (χ4v) is 3.57. The van der Waals surface area contributed by atoms with Gasteiger partial charge in [0.15, 0.2) is 0 Å². The molecule has 0 radical (unpaired) electrons. The maximum Gasteiger partial charge on any atom is 0.0574 e. The summed E-state index contributed by atoms with van der Waals surface area (Å²) in [6.07, 6.45) is 8.60. The standard InChI is InChI=1S/C14H22O/c1-5-11-8-10(2)13-9-12(15-4)6-7-14(11,13)3/h5,8,10,12-13H,1,6-7,9H2,2-4H3. The van der Waals surface area contributed by atoms with E-state index in [1.165, 1.54) is 24.8 Å². The highest BCUT2D eigenvalue weighted by atomic mass is 16.5. The highest BCUT2D eigenvalue weighted by Crippen LogP contribution is 2.55. The summed E-state index contributed by atoms with van der Waals surface area (Å²) in [5.74, 6) is 1.44. The number of methoxy groups -OCH3 is 1. The maximum atomic E-state index is 5.51. The van der Waals surface area contributed by atoms with Gasteiger partial charge in [0.05, 0.1) is 6.10 Å². The molecule has 0 spiro atoms. The van der Waals surface area contributed by atoms with Crippen molar-refractivity contribution in [1.29, 1.82) is 0 Å². The van der Waals surface area contributed by atoms with Gasteiger partial charge in [0.1, 0.15) is 0 Å². The molecular weight excluding hydrogens is 184 g/mol. The van der Waals surface area contributed by atoms with E-state index >= 15 is 0 Å².